The van der Waals surface area contributed by atoms with Crippen LogP contribution in [0.25, 0.3) is 10.9 Å². The lowest BCUT2D eigenvalue weighted by molar-refractivity contribution is -0.120. The number of nitrogens with zero attached hydrogens (tertiary/aromatic N) is 2. The van der Waals surface area contributed by atoms with Gasteiger partial charge < -0.3 is 24.7 Å². The third-order valence-corrected chi connectivity index (χ3v) is 6.01. The molecular weight excluding hydrogens is 408 g/mol. The zero-order valence-corrected chi connectivity index (χ0v) is 18.6. The summed E-state index contributed by atoms with van der Waals surface area (Å²) in [6.45, 7) is 4.95. The number of rotatable bonds is 6. The quantitative estimate of drug-likeness (QED) is 0.578. The van der Waals surface area contributed by atoms with Crippen LogP contribution < -0.4 is 15.0 Å². The number of hydrogen-bond donors (Lipinski definition) is 2. The minimum absolute atomic E-state index is 0.161. The first-order valence-corrected chi connectivity index (χ1v) is 10.7. The molecule has 0 radical (unpaired) electrons. The van der Waals surface area contributed by atoms with E-state index in [-0.39, 0.29) is 17.6 Å². The summed E-state index contributed by atoms with van der Waals surface area (Å²) >= 11 is 0. The molecule has 0 saturated carbocycles. The van der Waals surface area contributed by atoms with Crippen molar-refractivity contribution in [2.45, 2.75) is 13.0 Å². The summed E-state index contributed by atoms with van der Waals surface area (Å²) in [5, 5.41) is 3.73. The Morgan fingerprint density at radius 1 is 1.00 bits per heavy atom. The van der Waals surface area contributed by atoms with Gasteiger partial charge in [-0.1, -0.05) is 30.3 Å². The van der Waals surface area contributed by atoms with Gasteiger partial charge in [-0.2, -0.15) is 0 Å². The molecule has 168 valence electrons. The molecule has 8 nitrogen and oxygen atoms in total. The molecule has 1 atom stereocenters. The number of carbonyl (C=O) groups excluding carboxylic acids is 2. The van der Waals surface area contributed by atoms with Crippen molar-refractivity contribution in [3.63, 3.8) is 0 Å². The van der Waals surface area contributed by atoms with E-state index in [1.165, 1.54) is 7.11 Å². The number of nitrogens with one attached hydrogen (secondary N) is 2. The Kier molecular flexibility index (Phi) is 6.32. The van der Waals surface area contributed by atoms with Crippen molar-refractivity contribution in [2.24, 2.45) is 0 Å². The molecule has 0 aliphatic carbocycles. The number of hydrogen-bond acceptors (Lipinski definition) is 6. The van der Waals surface area contributed by atoms with Gasteiger partial charge >= 0.3 is 5.97 Å². The Hall–Kier alpha value is -3.52. The predicted octanol–water partition coefficient (Wildman–Crippen LogP) is 3.11. The first-order chi connectivity index (χ1) is 15.5. The molecule has 32 heavy (non-hydrogen) atoms. The SMILES string of the molecule is COC(=O)c1[nH]c2ccccc2c1NC(=O)[C@@H](C)N1CCN(c2ccccc2OC)CC1. The molecular formula is C24H28N4O4. The highest BCUT2D eigenvalue weighted by atomic mass is 16.5. The summed E-state index contributed by atoms with van der Waals surface area (Å²) in [4.78, 5) is 32.8. The molecule has 1 amide bonds. The minimum atomic E-state index is -0.519. The number of piperazine rings is 1. The maximum atomic E-state index is 13.1. The smallest absolute Gasteiger partial charge is 0.356 e. The van der Waals surface area contributed by atoms with Crippen LogP contribution in [0.5, 0.6) is 5.75 Å². The van der Waals surface area contributed by atoms with Gasteiger partial charge in [0.2, 0.25) is 5.91 Å². The van der Waals surface area contributed by atoms with Gasteiger partial charge in [0, 0.05) is 37.1 Å². The second-order valence-electron chi connectivity index (χ2n) is 7.77. The highest BCUT2D eigenvalue weighted by Gasteiger charge is 2.28. The highest BCUT2D eigenvalue weighted by Crippen LogP contribution is 2.30. The lowest BCUT2D eigenvalue weighted by atomic mass is 10.1. The largest absolute Gasteiger partial charge is 0.495 e. The first-order valence-electron chi connectivity index (χ1n) is 10.7. The molecule has 2 heterocycles. The van der Waals surface area contributed by atoms with Crippen molar-refractivity contribution in [1.82, 2.24) is 9.88 Å². The van der Waals surface area contributed by atoms with Gasteiger partial charge in [0.15, 0.2) is 0 Å². The number of fused-ring (bicyclic) bond motifs is 1. The van der Waals surface area contributed by atoms with E-state index in [1.54, 1.807) is 7.11 Å². The Morgan fingerprint density at radius 2 is 1.69 bits per heavy atom. The van der Waals surface area contributed by atoms with E-state index in [0.717, 1.165) is 48.5 Å². The number of ether oxygens (including phenoxy) is 2. The van der Waals surface area contributed by atoms with Crippen LogP contribution in [-0.2, 0) is 9.53 Å². The summed E-state index contributed by atoms with van der Waals surface area (Å²) in [6, 6.07) is 15.1. The monoisotopic (exact) mass is 436 g/mol. The number of methoxy groups -OCH3 is 2. The molecule has 1 fully saturated rings. The minimum Gasteiger partial charge on any atom is -0.495 e. The van der Waals surface area contributed by atoms with Crippen molar-refractivity contribution in [3.05, 3.63) is 54.2 Å². The topological polar surface area (TPSA) is 86.9 Å². The molecule has 0 spiro atoms. The van der Waals surface area contributed by atoms with Gasteiger partial charge in [-0.15, -0.1) is 0 Å². The van der Waals surface area contributed by atoms with E-state index in [2.05, 4.69) is 26.2 Å². The Bertz CT molecular complexity index is 1120. The van der Waals surface area contributed by atoms with E-state index in [4.69, 9.17) is 9.47 Å². The third-order valence-electron chi connectivity index (χ3n) is 6.01. The third kappa shape index (κ3) is 4.13. The number of aromatic nitrogens is 1. The fourth-order valence-electron chi connectivity index (χ4n) is 4.16. The molecule has 1 aliphatic rings. The number of carbonyl (C=O) groups is 2. The van der Waals surface area contributed by atoms with E-state index in [9.17, 15) is 9.59 Å². The van der Waals surface area contributed by atoms with Crippen molar-refractivity contribution in [3.8, 4) is 5.75 Å². The van der Waals surface area contributed by atoms with Crippen LogP contribution in [0.3, 0.4) is 0 Å². The highest BCUT2D eigenvalue weighted by molar-refractivity contribution is 6.11. The van der Waals surface area contributed by atoms with Gasteiger partial charge in [0.05, 0.1) is 31.6 Å². The Labute approximate surface area is 187 Å². The van der Waals surface area contributed by atoms with Gasteiger partial charge in [-0.3, -0.25) is 9.69 Å². The molecule has 0 unspecified atom stereocenters. The zero-order chi connectivity index (χ0) is 22.7. The number of benzene rings is 2. The van der Waals surface area contributed by atoms with Gasteiger partial charge in [-0.05, 0) is 25.1 Å². The summed E-state index contributed by atoms with van der Waals surface area (Å²) in [7, 11) is 3.00. The fraction of sp³-hybridized carbons (Fsp3) is 0.333. The van der Waals surface area contributed by atoms with Crippen molar-refractivity contribution >= 4 is 34.2 Å². The number of para-hydroxylation sites is 3. The number of amides is 1. The van der Waals surface area contributed by atoms with Crippen molar-refractivity contribution in [2.75, 3.05) is 50.6 Å². The molecule has 4 rings (SSSR count). The van der Waals surface area contributed by atoms with E-state index >= 15 is 0 Å². The van der Waals surface area contributed by atoms with Crippen molar-refractivity contribution in [1.29, 1.82) is 0 Å². The van der Waals surface area contributed by atoms with Gasteiger partial charge in [-0.25, -0.2) is 4.79 Å². The Balaban J connectivity index is 1.46. The second kappa shape index (κ2) is 9.32. The summed E-state index contributed by atoms with van der Waals surface area (Å²) in [5.74, 6) is 0.168. The number of aromatic amines is 1. The molecule has 1 saturated heterocycles. The van der Waals surface area contributed by atoms with Crippen LogP contribution in [0.1, 0.15) is 17.4 Å². The second-order valence-corrected chi connectivity index (χ2v) is 7.77. The van der Waals surface area contributed by atoms with Crippen LogP contribution in [0.15, 0.2) is 48.5 Å². The van der Waals surface area contributed by atoms with E-state index in [0.29, 0.717) is 5.69 Å². The van der Waals surface area contributed by atoms with Crippen molar-refractivity contribution < 1.29 is 19.1 Å². The zero-order valence-electron chi connectivity index (χ0n) is 18.6. The predicted molar refractivity (Wildman–Crippen MR) is 125 cm³/mol. The van der Waals surface area contributed by atoms with E-state index < -0.39 is 5.97 Å². The summed E-state index contributed by atoms with van der Waals surface area (Å²) in [6.07, 6.45) is 0. The Morgan fingerprint density at radius 3 is 2.41 bits per heavy atom. The van der Waals surface area contributed by atoms with Crippen LogP contribution in [0, 0.1) is 0 Å². The maximum absolute atomic E-state index is 13.1. The average molecular weight is 437 g/mol. The van der Waals surface area contributed by atoms with Crippen LogP contribution in [0.2, 0.25) is 0 Å². The number of esters is 1. The van der Waals surface area contributed by atoms with Crippen LogP contribution in [0.4, 0.5) is 11.4 Å². The molecule has 2 N–H and O–H groups in total. The number of H-pyrrole nitrogens is 1. The first kappa shape index (κ1) is 21.7. The molecule has 8 heteroatoms. The lowest BCUT2D eigenvalue weighted by Crippen LogP contribution is -2.53. The van der Waals surface area contributed by atoms with E-state index in [1.807, 2.05) is 49.4 Å². The average Bonchev–Trinajstić information content (AvgIpc) is 3.21. The lowest BCUT2D eigenvalue weighted by Gasteiger charge is -2.38. The van der Waals surface area contributed by atoms with Gasteiger partial charge in [0.25, 0.3) is 0 Å². The van der Waals surface area contributed by atoms with Gasteiger partial charge in [0.1, 0.15) is 11.4 Å². The molecule has 1 aromatic heterocycles. The fourth-order valence-corrected chi connectivity index (χ4v) is 4.16. The number of anilines is 2. The molecule has 3 aromatic rings. The standard InChI is InChI=1S/C24H28N4O4/c1-16(27-12-14-28(15-13-27)19-10-6-7-11-20(19)31-2)23(29)26-21-17-8-4-5-9-18(17)25-22(21)24(30)32-3/h4-11,16,25H,12-15H2,1-3H3,(H,26,29)/t16-/m1/s1. The normalized spacial score (nSPS) is 15.4. The summed E-state index contributed by atoms with van der Waals surface area (Å²) in [5.41, 5.74) is 2.53. The molecule has 1 aliphatic heterocycles. The molecule has 0 bridgehead atoms. The maximum Gasteiger partial charge on any atom is 0.356 e. The van der Waals surface area contributed by atoms with Crippen LogP contribution in [-0.4, -0.2) is 68.2 Å². The summed E-state index contributed by atoms with van der Waals surface area (Å²) < 4.78 is 10.4. The molecule has 2 aromatic carbocycles. The van der Waals surface area contributed by atoms with Crippen LogP contribution >= 0.6 is 0 Å².